The lowest BCUT2D eigenvalue weighted by molar-refractivity contribution is -0.385. The Balaban J connectivity index is 2.10. The smallest absolute Gasteiger partial charge is 0.376 e. The van der Waals surface area contributed by atoms with Crippen molar-refractivity contribution in [3.05, 3.63) is 62.6 Å². The quantitative estimate of drug-likeness (QED) is 0.556. The number of hydrogen-bond acceptors (Lipinski definition) is 4. The van der Waals surface area contributed by atoms with E-state index in [0.717, 1.165) is 16.6 Å². The van der Waals surface area contributed by atoms with Crippen LogP contribution in [0.2, 0.25) is 0 Å². The molecule has 0 bridgehead atoms. The second kappa shape index (κ2) is 7.51. The average Bonchev–Trinajstić information content (AvgIpc) is 2.54. The van der Waals surface area contributed by atoms with Gasteiger partial charge in [-0.1, -0.05) is 15.9 Å². The van der Waals surface area contributed by atoms with E-state index >= 15 is 0 Å². The van der Waals surface area contributed by atoms with E-state index in [1.54, 1.807) is 24.3 Å². The first-order valence-corrected chi connectivity index (χ1v) is 7.61. The molecule has 0 aliphatic heterocycles. The zero-order valence-electron chi connectivity index (χ0n) is 12.4. The number of nitrogens with zero attached hydrogens (tertiary/aromatic N) is 1. The van der Waals surface area contributed by atoms with Crippen LogP contribution in [0.4, 0.5) is 30.2 Å². The van der Waals surface area contributed by atoms with Crippen LogP contribution in [0.5, 0.6) is 0 Å². The Morgan fingerprint density at radius 2 is 1.80 bits per heavy atom. The fraction of sp³-hybridized carbons (Fsp3) is 0.133. The van der Waals surface area contributed by atoms with E-state index < -0.39 is 40.5 Å². The molecular weight excluding hydrogens is 407 g/mol. The second-order valence-corrected chi connectivity index (χ2v) is 5.81. The molecule has 0 saturated heterocycles. The van der Waals surface area contributed by atoms with Crippen molar-refractivity contribution in [1.82, 2.24) is 0 Å². The Kier molecular flexibility index (Phi) is 5.62. The lowest BCUT2D eigenvalue weighted by atomic mass is 10.1. The van der Waals surface area contributed by atoms with Crippen LogP contribution in [0.1, 0.15) is 5.56 Å². The highest BCUT2D eigenvalue weighted by molar-refractivity contribution is 9.10. The van der Waals surface area contributed by atoms with E-state index in [0.29, 0.717) is 11.8 Å². The molecule has 0 aliphatic rings. The summed E-state index contributed by atoms with van der Waals surface area (Å²) in [4.78, 5) is 21.5. The topological polar surface area (TPSA) is 84.3 Å². The Labute approximate surface area is 148 Å². The summed E-state index contributed by atoms with van der Waals surface area (Å²) in [6.07, 6.45) is -4.80. The maximum Gasteiger partial charge on any atom is 0.418 e. The minimum absolute atomic E-state index is 0.413. The molecule has 2 N–H and O–H groups in total. The molecule has 0 saturated carbocycles. The molecular formula is C15H11BrF3N3O3. The number of amides is 1. The summed E-state index contributed by atoms with van der Waals surface area (Å²) in [6, 6.07) is 8.92. The third-order valence-electron chi connectivity index (χ3n) is 3.09. The molecule has 0 heterocycles. The standard InChI is InChI=1S/C15H11BrF3N3O3/c16-9-1-3-10(4-2-9)21-14(23)8-20-13-6-5-11(22(24)25)7-12(13)15(17,18)19/h1-7,20H,8H2,(H,21,23). The van der Waals surface area contributed by atoms with Crippen LogP contribution in [-0.2, 0) is 11.0 Å². The molecule has 6 nitrogen and oxygen atoms in total. The van der Waals surface area contributed by atoms with Crippen molar-refractivity contribution in [3.63, 3.8) is 0 Å². The van der Waals surface area contributed by atoms with Gasteiger partial charge in [-0.3, -0.25) is 14.9 Å². The first-order valence-electron chi connectivity index (χ1n) is 6.82. The van der Waals surface area contributed by atoms with Gasteiger partial charge in [0.15, 0.2) is 0 Å². The summed E-state index contributed by atoms with van der Waals surface area (Å²) in [7, 11) is 0. The number of anilines is 2. The molecule has 0 unspecified atom stereocenters. The third kappa shape index (κ3) is 5.18. The van der Waals surface area contributed by atoms with Gasteiger partial charge in [0.05, 0.1) is 17.0 Å². The first-order chi connectivity index (χ1) is 11.7. The van der Waals surface area contributed by atoms with E-state index in [2.05, 4.69) is 26.6 Å². The summed E-state index contributed by atoms with van der Waals surface area (Å²) < 4.78 is 39.9. The van der Waals surface area contributed by atoms with E-state index in [9.17, 15) is 28.1 Å². The number of benzene rings is 2. The van der Waals surface area contributed by atoms with Crippen LogP contribution in [0.25, 0.3) is 0 Å². The van der Waals surface area contributed by atoms with Crippen LogP contribution in [0.15, 0.2) is 46.9 Å². The van der Waals surface area contributed by atoms with Crippen LogP contribution in [-0.4, -0.2) is 17.4 Å². The Hall–Kier alpha value is -2.62. The van der Waals surface area contributed by atoms with Crippen LogP contribution in [0.3, 0.4) is 0 Å². The van der Waals surface area contributed by atoms with Crippen molar-refractivity contribution in [3.8, 4) is 0 Å². The maximum absolute atomic E-state index is 13.0. The number of alkyl halides is 3. The summed E-state index contributed by atoms with van der Waals surface area (Å²) in [5, 5.41) is 15.5. The number of nitro groups is 1. The van der Waals surface area contributed by atoms with Crippen molar-refractivity contribution in [2.75, 3.05) is 17.2 Å². The monoisotopic (exact) mass is 417 g/mol. The van der Waals surface area contributed by atoms with Gasteiger partial charge in [-0.2, -0.15) is 13.2 Å². The highest BCUT2D eigenvalue weighted by atomic mass is 79.9. The molecule has 132 valence electrons. The van der Waals surface area contributed by atoms with Crippen molar-refractivity contribution in [2.24, 2.45) is 0 Å². The summed E-state index contributed by atoms with van der Waals surface area (Å²) >= 11 is 3.24. The fourth-order valence-electron chi connectivity index (χ4n) is 1.95. The molecule has 0 atom stereocenters. The molecule has 2 rings (SSSR count). The Morgan fingerprint density at radius 3 is 2.36 bits per heavy atom. The molecule has 0 aliphatic carbocycles. The third-order valence-corrected chi connectivity index (χ3v) is 3.62. The van der Waals surface area contributed by atoms with Crippen molar-refractivity contribution in [2.45, 2.75) is 6.18 Å². The minimum Gasteiger partial charge on any atom is -0.376 e. The van der Waals surface area contributed by atoms with E-state index in [-0.39, 0.29) is 0 Å². The molecule has 0 aromatic heterocycles. The van der Waals surface area contributed by atoms with Gasteiger partial charge in [-0.15, -0.1) is 0 Å². The van der Waals surface area contributed by atoms with Crippen molar-refractivity contribution in [1.29, 1.82) is 0 Å². The fourth-order valence-corrected chi connectivity index (χ4v) is 2.21. The molecule has 2 aromatic rings. The first kappa shape index (κ1) is 18.7. The molecule has 0 radical (unpaired) electrons. The lowest BCUT2D eigenvalue weighted by Gasteiger charge is -2.14. The van der Waals surface area contributed by atoms with Crippen LogP contribution < -0.4 is 10.6 Å². The Morgan fingerprint density at radius 1 is 1.16 bits per heavy atom. The molecule has 0 fully saturated rings. The molecule has 25 heavy (non-hydrogen) atoms. The number of hydrogen-bond donors (Lipinski definition) is 2. The van der Waals surface area contributed by atoms with Gasteiger partial charge in [0.25, 0.3) is 5.69 Å². The van der Waals surface area contributed by atoms with E-state index in [4.69, 9.17) is 0 Å². The largest absolute Gasteiger partial charge is 0.418 e. The van der Waals surface area contributed by atoms with Gasteiger partial charge in [-0.25, -0.2) is 0 Å². The van der Waals surface area contributed by atoms with Gasteiger partial charge in [-0.05, 0) is 30.3 Å². The summed E-state index contributed by atoms with van der Waals surface area (Å²) in [5.74, 6) is -0.561. The number of nitro benzene ring substituents is 1. The number of non-ortho nitro benzene ring substituents is 1. The van der Waals surface area contributed by atoms with Crippen LogP contribution in [0, 0.1) is 10.1 Å². The number of nitrogens with one attached hydrogen (secondary N) is 2. The Bertz CT molecular complexity index is 795. The zero-order chi connectivity index (χ0) is 18.6. The number of carbonyl (C=O) groups is 1. The SMILES string of the molecule is O=C(CNc1ccc([N+](=O)[O-])cc1C(F)(F)F)Nc1ccc(Br)cc1. The number of halogens is 4. The van der Waals surface area contributed by atoms with E-state index in [1.807, 2.05) is 0 Å². The van der Waals surface area contributed by atoms with Gasteiger partial charge < -0.3 is 10.6 Å². The predicted octanol–water partition coefficient (Wildman–Crippen LogP) is 4.43. The highest BCUT2D eigenvalue weighted by Crippen LogP contribution is 2.37. The van der Waals surface area contributed by atoms with E-state index in [1.165, 1.54) is 0 Å². The summed E-state index contributed by atoms with van der Waals surface area (Å²) in [5.41, 5.74) is -1.82. The van der Waals surface area contributed by atoms with Crippen molar-refractivity contribution >= 4 is 38.9 Å². The van der Waals surface area contributed by atoms with Gasteiger partial charge in [0, 0.05) is 28.0 Å². The lowest BCUT2D eigenvalue weighted by Crippen LogP contribution is -2.23. The predicted molar refractivity (Wildman–Crippen MR) is 89.4 cm³/mol. The average molecular weight is 418 g/mol. The second-order valence-electron chi connectivity index (χ2n) is 4.89. The molecule has 10 heteroatoms. The molecule has 0 spiro atoms. The zero-order valence-corrected chi connectivity index (χ0v) is 14.0. The molecule has 1 amide bonds. The van der Waals surface area contributed by atoms with Crippen LogP contribution >= 0.6 is 15.9 Å². The van der Waals surface area contributed by atoms with Crippen molar-refractivity contribution < 1.29 is 22.9 Å². The minimum atomic E-state index is -4.80. The maximum atomic E-state index is 13.0. The van der Waals surface area contributed by atoms with Gasteiger partial charge in [0.1, 0.15) is 0 Å². The summed E-state index contributed by atoms with van der Waals surface area (Å²) in [6.45, 7) is -0.434. The number of rotatable bonds is 5. The molecule has 2 aromatic carbocycles. The number of carbonyl (C=O) groups excluding carboxylic acids is 1. The van der Waals surface area contributed by atoms with Gasteiger partial charge in [0.2, 0.25) is 5.91 Å². The van der Waals surface area contributed by atoms with Gasteiger partial charge >= 0.3 is 6.18 Å². The highest BCUT2D eigenvalue weighted by Gasteiger charge is 2.35. The normalized spacial score (nSPS) is 11.0.